The van der Waals surface area contributed by atoms with E-state index in [1.54, 1.807) is 13.2 Å². The summed E-state index contributed by atoms with van der Waals surface area (Å²) in [5, 5.41) is 0. The van der Waals surface area contributed by atoms with Gasteiger partial charge >= 0.3 is 0 Å². The van der Waals surface area contributed by atoms with Crippen molar-refractivity contribution in [2.45, 2.75) is 19.4 Å². The van der Waals surface area contributed by atoms with E-state index in [-0.39, 0.29) is 6.04 Å². The third-order valence-electron chi connectivity index (χ3n) is 1.69. The summed E-state index contributed by atoms with van der Waals surface area (Å²) in [6.45, 7) is 2.01. The molecule has 4 heteroatoms. The van der Waals surface area contributed by atoms with Crippen LogP contribution in [0.25, 0.3) is 0 Å². The number of nitrogens with zero attached hydrogens (tertiary/aromatic N) is 2. The fraction of sp³-hybridized carbons (Fsp3) is 0.500. The molecule has 0 aliphatic heterocycles. The molecule has 0 aromatic carbocycles. The molecule has 1 aromatic heterocycles. The lowest BCUT2D eigenvalue weighted by Gasteiger charge is -2.07. The normalized spacial score (nSPS) is 12.6. The van der Waals surface area contributed by atoms with Crippen LogP contribution in [0.2, 0.25) is 0 Å². The predicted octanol–water partition coefficient (Wildman–Crippen LogP) is 0.895. The number of aromatic nitrogens is 2. The van der Waals surface area contributed by atoms with Crippen LogP contribution in [-0.4, -0.2) is 17.1 Å². The standard InChI is InChI=1S/C8H13N3O/c1-3-6(9)7-4-8(12-2)11-5-10-7/h4-6H,3,9H2,1-2H3/t6-/m0/s1. The van der Waals surface area contributed by atoms with Crippen LogP contribution in [0.15, 0.2) is 12.4 Å². The molecule has 0 saturated heterocycles. The molecule has 1 atom stereocenters. The van der Waals surface area contributed by atoms with Crippen LogP contribution in [0.1, 0.15) is 25.1 Å². The Morgan fingerprint density at radius 3 is 2.92 bits per heavy atom. The van der Waals surface area contributed by atoms with Crippen molar-refractivity contribution in [3.05, 3.63) is 18.1 Å². The first-order valence-corrected chi connectivity index (χ1v) is 3.89. The van der Waals surface area contributed by atoms with Gasteiger partial charge in [0.15, 0.2) is 0 Å². The van der Waals surface area contributed by atoms with Gasteiger partial charge in [0.05, 0.1) is 12.8 Å². The number of hydrogen-bond acceptors (Lipinski definition) is 4. The quantitative estimate of drug-likeness (QED) is 0.726. The zero-order valence-electron chi connectivity index (χ0n) is 7.32. The van der Waals surface area contributed by atoms with Crippen LogP contribution in [-0.2, 0) is 0 Å². The SMILES string of the molecule is CC[C@H](N)c1cc(OC)ncn1. The Hall–Kier alpha value is -1.16. The average Bonchev–Trinajstić information content (AvgIpc) is 2.17. The Morgan fingerprint density at radius 1 is 1.58 bits per heavy atom. The van der Waals surface area contributed by atoms with Crippen LogP contribution < -0.4 is 10.5 Å². The van der Waals surface area contributed by atoms with E-state index in [9.17, 15) is 0 Å². The largest absolute Gasteiger partial charge is 0.481 e. The minimum Gasteiger partial charge on any atom is -0.481 e. The van der Waals surface area contributed by atoms with Gasteiger partial charge in [-0.15, -0.1) is 0 Å². The highest BCUT2D eigenvalue weighted by Gasteiger charge is 2.05. The fourth-order valence-electron chi connectivity index (χ4n) is 0.877. The second-order valence-electron chi connectivity index (χ2n) is 2.50. The maximum absolute atomic E-state index is 5.77. The lowest BCUT2D eigenvalue weighted by Crippen LogP contribution is -2.10. The maximum atomic E-state index is 5.77. The van der Waals surface area contributed by atoms with Gasteiger partial charge in [-0.2, -0.15) is 0 Å². The molecular weight excluding hydrogens is 154 g/mol. The van der Waals surface area contributed by atoms with E-state index in [0.717, 1.165) is 12.1 Å². The van der Waals surface area contributed by atoms with Crippen LogP contribution in [0.5, 0.6) is 5.88 Å². The molecule has 0 saturated carbocycles. The number of nitrogens with two attached hydrogens (primary N) is 1. The van der Waals surface area contributed by atoms with Crippen molar-refractivity contribution >= 4 is 0 Å². The van der Waals surface area contributed by atoms with E-state index in [4.69, 9.17) is 10.5 Å². The van der Waals surface area contributed by atoms with Crippen molar-refractivity contribution in [2.24, 2.45) is 5.73 Å². The van der Waals surface area contributed by atoms with E-state index >= 15 is 0 Å². The zero-order chi connectivity index (χ0) is 8.97. The van der Waals surface area contributed by atoms with Gasteiger partial charge < -0.3 is 10.5 Å². The minimum atomic E-state index is -0.0260. The third-order valence-corrected chi connectivity index (χ3v) is 1.69. The second kappa shape index (κ2) is 4.01. The molecule has 1 aromatic rings. The number of hydrogen-bond donors (Lipinski definition) is 1. The van der Waals surface area contributed by atoms with Crippen molar-refractivity contribution in [1.82, 2.24) is 9.97 Å². The summed E-state index contributed by atoms with van der Waals surface area (Å²) >= 11 is 0. The van der Waals surface area contributed by atoms with E-state index in [0.29, 0.717) is 5.88 Å². The number of rotatable bonds is 3. The molecule has 0 fully saturated rings. The molecule has 0 spiro atoms. The molecule has 66 valence electrons. The van der Waals surface area contributed by atoms with E-state index in [1.807, 2.05) is 6.92 Å². The summed E-state index contributed by atoms with van der Waals surface area (Å²) in [6, 6.07) is 1.73. The fourth-order valence-corrected chi connectivity index (χ4v) is 0.877. The molecule has 0 aliphatic carbocycles. The van der Waals surface area contributed by atoms with E-state index in [1.165, 1.54) is 6.33 Å². The molecule has 0 unspecified atom stereocenters. The first-order valence-electron chi connectivity index (χ1n) is 3.89. The van der Waals surface area contributed by atoms with Crippen molar-refractivity contribution in [3.63, 3.8) is 0 Å². The van der Waals surface area contributed by atoms with Crippen LogP contribution in [0, 0.1) is 0 Å². The Labute approximate surface area is 71.8 Å². The van der Waals surface area contributed by atoms with Crippen molar-refractivity contribution in [2.75, 3.05) is 7.11 Å². The first kappa shape index (κ1) is 8.93. The molecule has 1 heterocycles. The second-order valence-corrected chi connectivity index (χ2v) is 2.50. The van der Waals surface area contributed by atoms with Gasteiger partial charge in [0.2, 0.25) is 5.88 Å². The first-order chi connectivity index (χ1) is 5.77. The van der Waals surface area contributed by atoms with Gasteiger partial charge in [-0.1, -0.05) is 6.92 Å². The van der Waals surface area contributed by atoms with Gasteiger partial charge in [-0.05, 0) is 6.42 Å². The predicted molar refractivity (Wildman–Crippen MR) is 45.8 cm³/mol. The molecular formula is C8H13N3O. The zero-order valence-corrected chi connectivity index (χ0v) is 7.32. The highest BCUT2D eigenvalue weighted by atomic mass is 16.5. The van der Waals surface area contributed by atoms with Gasteiger partial charge in [-0.25, -0.2) is 9.97 Å². The molecule has 0 amide bonds. The summed E-state index contributed by atoms with van der Waals surface area (Å²) in [4.78, 5) is 7.93. The van der Waals surface area contributed by atoms with Crippen LogP contribution in [0.4, 0.5) is 0 Å². The maximum Gasteiger partial charge on any atom is 0.216 e. The smallest absolute Gasteiger partial charge is 0.216 e. The Morgan fingerprint density at radius 2 is 2.33 bits per heavy atom. The Balaban J connectivity index is 2.86. The molecule has 0 bridgehead atoms. The summed E-state index contributed by atoms with van der Waals surface area (Å²) in [7, 11) is 1.57. The molecule has 1 rings (SSSR count). The lowest BCUT2D eigenvalue weighted by atomic mass is 10.2. The highest BCUT2D eigenvalue weighted by Crippen LogP contribution is 2.13. The summed E-state index contributed by atoms with van der Waals surface area (Å²) in [6.07, 6.45) is 2.32. The Bertz CT molecular complexity index is 252. The van der Waals surface area contributed by atoms with Gasteiger partial charge in [-0.3, -0.25) is 0 Å². The van der Waals surface area contributed by atoms with Gasteiger partial charge in [0, 0.05) is 12.1 Å². The molecule has 12 heavy (non-hydrogen) atoms. The molecule has 0 radical (unpaired) electrons. The average molecular weight is 167 g/mol. The molecule has 0 aliphatic rings. The topological polar surface area (TPSA) is 61.0 Å². The van der Waals surface area contributed by atoms with E-state index in [2.05, 4.69) is 9.97 Å². The summed E-state index contributed by atoms with van der Waals surface area (Å²) < 4.78 is 4.94. The van der Waals surface area contributed by atoms with Gasteiger partial charge in [0.25, 0.3) is 0 Å². The van der Waals surface area contributed by atoms with E-state index < -0.39 is 0 Å². The summed E-state index contributed by atoms with van der Waals surface area (Å²) in [5.41, 5.74) is 6.60. The van der Waals surface area contributed by atoms with Crippen LogP contribution >= 0.6 is 0 Å². The van der Waals surface area contributed by atoms with Crippen molar-refractivity contribution < 1.29 is 4.74 Å². The lowest BCUT2D eigenvalue weighted by molar-refractivity contribution is 0.395. The summed E-state index contributed by atoms with van der Waals surface area (Å²) in [5.74, 6) is 0.559. The monoisotopic (exact) mass is 167 g/mol. The van der Waals surface area contributed by atoms with Gasteiger partial charge in [0.1, 0.15) is 6.33 Å². The third kappa shape index (κ3) is 1.92. The van der Waals surface area contributed by atoms with Crippen LogP contribution in [0.3, 0.4) is 0 Å². The molecule has 4 nitrogen and oxygen atoms in total. The van der Waals surface area contributed by atoms with Crippen molar-refractivity contribution in [3.8, 4) is 5.88 Å². The van der Waals surface area contributed by atoms with Crippen molar-refractivity contribution in [1.29, 1.82) is 0 Å². The highest BCUT2D eigenvalue weighted by molar-refractivity contribution is 5.15. The number of methoxy groups -OCH3 is 1. The number of ether oxygens (including phenoxy) is 1. The minimum absolute atomic E-state index is 0.0260. The Kier molecular flexibility index (Phi) is 2.99. The molecule has 2 N–H and O–H groups in total.